The zero-order valence-electron chi connectivity index (χ0n) is 12.5. The lowest BCUT2D eigenvalue weighted by Crippen LogP contribution is -2.33. The average Bonchev–Trinajstić information content (AvgIpc) is 2.68. The molecule has 0 spiro atoms. The minimum atomic E-state index is 0.451. The maximum Gasteiger partial charge on any atom is 0.0292 e. The van der Waals surface area contributed by atoms with Gasteiger partial charge in [0, 0.05) is 19.1 Å². The van der Waals surface area contributed by atoms with Crippen molar-refractivity contribution < 1.29 is 0 Å². The Morgan fingerprint density at radius 3 is 2.32 bits per heavy atom. The highest BCUT2D eigenvalue weighted by atomic mass is 15.1. The lowest BCUT2D eigenvalue weighted by atomic mass is 10.1. The Morgan fingerprint density at radius 2 is 1.68 bits per heavy atom. The Hall–Kier alpha value is -0.860. The van der Waals surface area contributed by atoms with Gasteiger partial charge in [0.05, 0.1) is 0 Å². The number of nitrogens with one attached hydrogen (secondary N) is 1. The van der Waals surface area contributed by atoms with E-state index in [-0.39, 0.29) is 0 Å². The first-order valence-electron chi connectivity index (χ1n) is 7.78. The van der Waals surface area contributed by atoms with Gasteiger partial charge in [-0.3, -0.25) is 0 Å². The van der Waals surface area contributed by atoms with Gasteiger partial charge in [-0.1, -0.05) is 42.7 Å². The van der Waals surface area contributed by atoms with Crippen molar-refractivity contribution in [2.24, 2.45) is 0 Å². The second-order valence-electron chi connectivity index (χ2n) is 5.84. The molecule has 0 bridgehead atoms. The molecule has 1 aliphatic rings. The summed E-state index contributed by atoms with van der Waals surface area (Å²) in [5.74, 6) is 0. The van der Waals surface area contributed by atoms with Crippen LogP contribution in [0.15, 0.2) is 24.3 Å². The Kier molecular flexibility index (Phi) is 5.87. The van der Waals surface area contributed by atoms with Crippen LogP contribution in [0.5, 0.6) is 0 Å². The molecule has 0 aliphatic carbocycles. The third kappa shape index (κ3) is 4.96. The summed E-state index contributed by atoms with van der Waals surface area (Å²) < 4.78 is 0. The van der Waals surface area contributed by atoms with Crippen molar-refractivity contribution in [3.63, 3.8) is 0 Å². The molecule has 1 atom stereocenters. The molecule has 2 heteroatoms. The summed E-state index contributed by atoms with van der Waals surface area (Å²) in [5.41, 5.74) is 2.72. The first-order valence-corrected chi connectivity index (χ1v) is 7.78. The topological polar surface area (TPSA) is 15.3 Å². The van der Waals surface area contributed by atoms with E-state index in [2.05, 4.69) is 48.3 Å². The largest absolute Gasteiger partial charge is 0.309 e. The summed E-state index contributed by atoms with van der Waals surface area (Å²) in [5, 5.41) is 3.64. The van der Waals surface area contributed by atoms with Crippen molar-refractivity contribution in [3.05, 3.63) is 35.4 Å². The molecule has 1 aromatic carbocycles. The fraction of sp³-hybridized carbons (Fsp3) is 0.647. The van der Waals surface area contributed by atoms with Crippen LogP contribution in [0.25, 0.3) is 0 Å². The van der Waals surface area contributed by atoms with Gasteiger partial charge in [0.2, 0.25) is 0 Å². The van der Waals surface area contributed by atoms with Crippen LogP contribution in [0.3, 0.4) is 0 Å². The number of rotatable bonds is 5. The van der Waals surface area contributed by atoms with E-state index in [0.29, 0.717) is 6.04 Å². The van der Waals surface area contributed by atoms with Crippen LogP contribution in [0.1, 0.15) is 49.8 Å². The zero-order chi connectivity index (χ0) is 13.5. The third-order valence-corrected chi connectivity index (χ3v) is 4.15. The molecule has 1 aromatic rings. The number of benzene rings is 1. The summed E-state index contributed by atoms with van der Waals surface area (Å²) in [6.07, 6.45) is 5.61. The normalized spacial score (nSPS) is 19.1. The van der Waals surface area contributed by atoms with Crippen LogP contribution < -0.4 is 5.32 Å². The molecular formula is C17H28N2. The summed E-state index contributed by atoms with van der Waals surface area (Å²) in [6.45, 7) is 9.26. The van der Waals surface area contributed by atoms with Gasteiger partial charge in [-0.2, -0.15) is 0 Å². The van der Waals surface area contributed by atoms with Crippen molar-refractivity contribution in [1.82, 2.24) is 10.2 Å². The van der Waals surface area contributed by atoms with Crippen LogP contribution in [-0.2, 0) is 0 Å². The van der Waals surface area contributed by atoms with E-state index in [4.69, 9.17) is 0 Å². The quantitative estimate of drug-likeness (QED) is 0.871. The monoisotopic (exact) mass is 260 g/mol. The molecule has 106 valence electrons. The van der Waals surface area contributed by atoms with E-state index in [1.165, 1.54) is 56.4 Å². The Labute approximate surface area is 118 Å². The molecule has 0 radical (unpaired) electrons. The predicted molar refractivity (Wildman–Crippen MR) is 82.5 cm³/mol. The SMILES string of the molecule is Cc1ccc(C(C)NCCN2CCCCCC2)cc1. The van der Waals surface area contributed by atoms with E-state index in [9.17, 15) is 0 Å². The Balaban J connectivity index is 1.71. The molecule has 1 fully saturated rings. The highest BCUT2D eigenvalue weighted by Crippen LogP contribution is 2.13. The molecule has 0 aromatic heterocycles. The highest BCUT2D eigenvalue weighted by Gasteiger charge is 2.09. The number of hydrogen-bond donors (Lipinski definition) is 1. The molecule has 2 nitrogen and oxygen atoms in total. The zero-order valence-corrected chi connectivity index (χ0v) is 12.5. The van der Waals surface area contributed by atoms with Gasteiger partial charge in [-0.05, 0) is 45.3 Å². The van der Waals surface area contributed by atoms with E-state index >= 15 is 0 Å². The van der Waals surface area contributed by atoms with Gasteiger partial charge >= 0.3 is 0 Å². The maximum atomic E-state index is 3.64. The van der Waals surface area contributed by atoms with Gasteiger partial charge in [-0.25, -0.2) is 0 Å². The van der Waals surface area contributed by atoms with Gasteiger partial charge in [-0.15, -0.1) is 0 Å². The predicted octanol–water partition coefficient (Wildman–Crippen LogP) is 3.52. The van der Waals surface area contributed by atoms with Gasteiger partial charge < -0.3 is 10.2 Å². The summed E-state index contributed by atoms with van der Waals surface area (Å²) in [4.78, 5) is 2.61. The van der Waals surface area contributed by atoms with Crippen molar-refractivity contribution in [2.75, 3.05) is 26.2 Å². The molecular weight excluding hydrogens is 232 g/mol. The van der Waals surface area contributed by atoms with Crippen molar-refractivity contribution >= 4 is 0 Å². The third-order valence-electron chi connectivity index (χ3n) is 4.15. The molecule has 1 unspecified atom stereocenters. The molecule has 1 heterocycles. The lowest BCUT2D eigenvalue weighted by molar-refractivity contribution is 0.280. The van der Waals surface area contributed by atoms with Crippen LogP contribution in [0.4, 0.5) is 0 Å². The van der Waals surface area contributed by atoms with Crippen LogP contribution in [0.2, 0.25) is 0 Å². The minimum absolute atomic E-state index is 0.451. The Bertz CT molecular complexity index is 350. The minimum Gasteiger partial charge on any atom is -0.309 e. The summed E-state index contributed by atoms with van der Waals surface area (Å²) in [6, 6.07) is 9.32. The fourth-order valence-corrected chi connectivity index (χ4v) is 2.77. The first kappa shape index (κ1) is 14.5. The molecule has 1 N–H and O–H groups in total. The highest BCUT2D eigenvalue weighted by molar-refractivity contribution is 5.23. The van der Waals surface area contributed by atoms with Gasteiger partial charge in [0.1, 0.15) is 0 Å². The molecule has 2 rings (SSSR count). The van der Waals surface area contributed by atoms with E-state index in [1.54, 1.807) is 0 Å². The van der Waals surface area contributed by atoms with Crippen LogP contribution in [-0.4, -0.2) is 31.1 Å². The number of likely N-dealkylation sites (tertiary alicyclic amines) is 1. The van der Waals surface area contributed by atoms with E-state index in [0.717, 1.165) is 6.54 Å². The van der Waals surface area contributed by atoms with Crippen molar-refractivity contribution in [3.8, 4) is 0 Å². The summed E-state index contributed by atoms with van der Waals surface area (Å²) >= 11 is 0. The van der Waals surface area contributed by atoms with Crippen LogP contribution in [0, 0.1) is 6.92 Å². The number of aryl methyl sites for hydroxylation is 1. The molecule has 0 amide bonds. The lowest BCUT2D eigenvalue weighted by Gasteiger charge is -2.21. The molecule has 1 aliphatic heterocycles. The molecule has 1 saturated heterocycles. The first-order chi connectivity index (χ1) is 9.25. The number of hydrogen-bond acceptors (Lipinski definition) is 2. The van der Waals surface area contributed by atoms with Crippen molar-refractivity contribution in [2.45, 2.75) is 45.6 Å². The standard InChI is InChI=1S/C17H28N2/c1-15-7-9-17(10-8-15)16(2)18-11-14-19-12-5-3-4-6-13-19/h7-10,16,18H,3-6,11-14H2,1-2H3. The summed E-state index contributed by atoms with van der Waals surface area (Å²) in [7, 11) is 0. The Morgan fingerprint density at radius 1 is 1.05 bits per heavy atom. The van der Waals surface area contributed by atoms with Gasteiger partial charge in [0.15, 0.2) is 0 Å². The smallest absolute Gasteiger partial charge is 0.0292 e. The average molecular weight is 260 g/mol. The second kappa shape index (κ2) is 7.66. The van der Waals surface area contributed by atoms with E-state index < -0.39 is 0 Å². The molecule has 0 saturated carbocycles. The molecule has 19 heavy (non-hydrogen) atoms. The van der Waals surface area contributed by atoms with Crippen LogP contribution >= 0.6 is 0 Å². The fourth-order valence-electron chi connectivity index (χ4n) is 2.77. The van der Waals surface area contributed by atoms with Gasteiger partial charge in [0.25, 0.3) is 0 Å². The maximum absolute atomic E-state index is 3.64. The second-order valence-corrected chi connectivity index (χ2v) is 5.84. The number of nitrogens with zero attached hydrogens (tertiary/aromatic N) is 1. The van der Waals surface area contributed by atoms with E-state index in [1.807, 2.05) is 0 Å². The van der Waals surface area contributed by atoms with Crippen molar-refractivity contribution in [1.29, 1.82) is 0 Å².